The molecule has 2 saturated heterocycles. The molecule has 0 radical (unpaired) electrons. The second kappa shape index (κ2) is 7.11. The van der Waals surface area contributed by atoms with Crippen LogP contribution in [0.5, 0.6) is 0 Å². The topological polar surface area (TPSA) is 69.4 Å². The highest BCUT2D eigenvalue weighted by molar-refractivity contribution is 4.89. The molecule has 126 valence electrons. The van der Waals surface area contributed by atoms with Gasteiger partial charge in [0.1, 0.15) is 6.23 Å². The quantitative estimate of drug-likeness (QED) is 0.496. The summed E-state index contributed by atoms with van der Waals surface area (Å²) in [5.41, 5.74) is 3.25. The standard InChI is InChI=1S/C16H31N5O/c1-3-12(15-20-16(22-21-15)13-5-6-13)4-2-11(1)9-19-14-10-17-7-8-18-14/h11-21H,1-10H2. The third-order valence-corrected chi connectivity index (χ3v) is 5.77. The van der Waals surface area contributed by atoms with Gasteiger partial charge >= 0.3 is 0 Å². The van der Waals surface area contributed by atoms with Crippen LogP contribution in [0.1, 0.15) is 38.5 Å². The summed E-state index contributed by atoms with van der Waals surface area (Å²) in [5.74, 6) is 2.32. The molecule has 2 heterocycles. The predicted octanol–water partition coefficient (Wildman–Crippen LogP) is 0.0879. The Balaban J connectivity index is 1.15. The molecule has 4 aliphatic rings. The zero-order valence-electron chi connectivity index (χ0n) is 13.4. The van der Waals surface area contributed by atoms with Crippen LogP contribution in [-0.2, 0) is 4.84 Å². The van der Waals surface area contributed by atoms with Gasteiger partial charge in [-0.3, -0.25) is 15.5 Å². The monoisotopic (exact) mass is 309 g/mol. The van der Waals surface area contributed by atoms with Crippen LogP contribution < -0.4 is 26.7 Å². The highest BCUT2D eigenvalue weighted by atomic mass is 16.7. The Morgan fingerprint density at radius 3 is 2.50 bits per heavy atom. The lowest BCUT2D eigenvalue weighted by Gasteiger charge is -2.33. The van der Waals surface area contributed by atoms with E-state index in [2.05, 4.69) is 26.7 Å². The molecular formula is C16H31N5O. The number of rotatable bonds is 5. The van der Waals surface area contributed by atoms with Gasteiger partial charge in [-0.15, -0.1) is 0 Å². The molecule has 2 aliphatic heterocycles. The highest BCUT2D eigenvalue weighted by Crippen LogP contribution is 2.36. The Kier molecular flexibility index (Phi) is 4.95. The Labute approximate surface area is 133 Å². The summed E-state index contributed by atoms with van der Waals surface area (Å²) in [7, 11) is 0. The van der Waals surface area contributed by atoms with E-state index < -0.39 is 0 Å². The third-order valence-electron chi connectivity index (χ3n) is 5.77. The summed E-state index contributed by atoms with van der Waals surface area (Å²) >= 11 is 0. The maximum Gasteiger partial charge on any atom is 0.133 e. The van der Waals surface area contributed by atoms with Crippen molar-refractivity contribution in [2.75, 3.05) is 26.2 Å². The van der Waals surface area contributed by atoms with Gasteiger partial charge in [0.25, 0.3) is 0 Å². The molecule has 3 unspecified atom stereocenters. The van der Waals surface area contributed by atoms with Crippen molar-refractivity contribution in [1.29, 1.82) is 0 Å². The number of piperazine rings is 1. The minimum absolute atomic E-state index is 0.272. The van der Waals surface area contributed by atoms with Gasteiger partial charge in [-0.05, 0) is 56.9 Å². The van der Waals surface area contributed by atoms with E-state index in [1.165, 1.54) is 38.5 Å². The van der Waals surface area contributed by atoms with Gasteiger partial charge in [-0.1, -0.05) is 0 Å². The smallest absolute Gasteiger partial charge is 0.133 e. The van der Waals surface area contributed by atoms with Crippen LogP contribution in [0.4, 0.5) is 0 Å². The normalized spacial score (nSPS) is 43.4. The molecule has 3 atom stereocenters. The van der Waals surface area contributed by atoms with E-state index in [0.29, 0.717) is 12.3 Å². The maximum atomic E-state index is 5.71. The fourth-order valence-electron chi connectivity index (χ4n) is 4.09. The van der Waals surface area contributed by atoms with E-state index in [1.54, 1.807) is 0 Å². The fourth-order valence-corrected chi connectivity index (χ4v) is 4.09. The molecule has 4 rings (SSSR count). The summed E-state index contributed by atoms with van der Waals surface area (Å²) in [4.78, 5) is 5.71. The Bertz CT molecular complexity index is 350. The zero-order valence-corrected chi connectivity index (χ0v) is 13.4. The SMILES string of the molecule is C1CNC(NCC2CCC(C3NOC(C4CC4)N3)CC2)CN1. The van der Waals surface area contributed by atoms with E-state index >= 15 is 0 Å². The molecule has 0 bridgehead atoms. The van der Waals surface area contributed by atoms with E-state index in [0.717, 1.165) is 43.9 Å². The van der Waals surface area contributed by atoms with Gasteiger partial charge in [0.2, 0.25) is 0 Å². The van der Waals surface area contributed by atoms with Crippen molar-refractivity contribution in [3.8, 4) is 0 Å². The average molecular weight is 309 g/mol. The van der Waals surface area contributed by atoms with Crippen molar-refractivity contribution < 1.29 is 4.84 Å². The van der Waals surface area contributed by atoms with Crippen molar-refractivity contribution in [2.45, 2.75) is 57.1 Å². The van der Waals surface area contributed by atoms with Crippen LogP contribution in [0, 0.1) is 17.8 Å². The number of hydrogen-bond donors (Lipinski definition) is 5. The van der Waals surface area contributed by atoms with Crippen molar-refractivity contribution in [3.05, 3.63) is 0 Å². The lowest BCUT2D eigenvalue weighted by molar-refractivity contribution is 0.00508. The van der Waals surface area contributed by atoms with Crippen molar-refractivity contribution >= 4 is 0 Å². The molecule has 2 saturated carbocycles. The average Bonchev–Trinajstić information content (AvgIpc) is 3.32. The minimum Gasteiger partial charge on any atom is -0.313 e. The fraction of sp³-hybridized carbons (Fsp3) is 1.00. The molecule has 22 heavy (non-hydrogen) atoms. The van der Waals surface area contributed by atoms with E-state index in [1.807, 2.05) is 0 Å². The van der Waals surface area contributed by atoms with Crippen LogP contribution in [0.25, 0.3) is 0 Å². The third kappa shape index (κ3) is 3.80. The number of nitrogens with one attached hydrogen (secondary N) is 5. The molecule has 6 nitrogen and oxygen atoms in total. The van der Waals surface area contributed by atoms with Gasteiger partial charge in [-0.25, -0.2) is 0 Å². The lowest BCUT2D eigenvalue weighted by Crippen LogP contribution is -2.56. The van der Waals surface area contributed by atoms with Crippen molar-refractivity contribution in [2.24, 2.45) is 17.8 Å². The first kappa shape index (κ1) is 15.3. The summed E-state index contributed by atoms with van der Waals surface area (Å²) in [6.45, 7) is 4.37. The lowest BCUT2D eigenvalue weighted by atomic mass is 9.80. The van der Waals surface area contributed by atoms with Crippen LogP contribution in [0.15, 0.2) is 0 Å². The van der Waals surface area contributed by atoms with E-state index in [4.69, 9.17) is 4.84 Å². The predicted molar refractivity (Wildman–Crippen MR) is 85.8 cm³/mol. The van der Waals surface area contributed by atoms with Gasteiger partial charge < -0.3 is 10.6 Å². The van der Waals surface area contributed by atoms with Crippen molar-refractivity contribution in [3.63, 3.8) is 0 Å². The second-order valence-electron chi connectivity index (χ2n) is 7.54. The molecule has 0 aromatic carbocycles. The van der Waals surface area contributed by atoms with Crippen molar-refractivity contribution in [1.82, 2.24) is 26.7 Å². The Morgan fingerprint density at radius 2 is 1.77 bits per heavy atom. The molecule has 0 spiro atoms. The van der Waals surface area contributed by atoms with Gasteiger partial charge in [0, 0.05) is 25.6 Å². The first-order valence-corrected chi connectivity index (χ1v) is 9.23. The molecule has 6 heteroatoms. The van der Waals surface area contributed by atoms with E-state index in [-0.39, 0.29) is 6.23 Å². The molecule has 5 N–H and O–H groups in total. The molecule has 0 amide bonds. The van der Waals surface area contributed by atoms with Crippen LogP contribution in [-0.4, -0.2) is 44.7 Å². The summed E-state index contributed by atoms with van der Waals surface area (Å²) in [6, 6.07) is 0. The summed E-state index contributed by atoms with van der Waals surface area (Å²) in [6.07, 6.45) is 9.07. The maximum absolute atomic E-state index is 5.71. The van der Waals surface area contributed by atoms with Crippen LogP contribution in [0.2, 0.25) is 0 Å². The molecular weight excluding hydrogens is 278 g/mol. The van der Waals surface area contributed by atoms with Crippen LogP contribution >= 0.6 is 0 Å². The zero-order chi connectivity index (χ0) is 14.8. The summed E-state index contributed by atoms with van der Waals surface area (Å²) in [5, 5.41) is 14.3. The van der Waals surface area contributed by atoms with Gasteiger partial charge in [-0.2, -0.15) is 5.48 Å². The largest absolute Gasteiger partial charge is 0.313 e. The Hall–Kier alpha value is -0.240. The van der Waals surface area contributed by atoms with E-state index in [9.17, 15) is 0 Å². The minimum atomic E-state index is 0.272. The first-order chi connectivity index (χ1) is 10.9. The van der Waals surface area contributed by atoms with Gasteiger partial charge in [0.05, 0.1) is 12.3 Å². The highest BCUT2D eigenvalue weighted by Gasteiger charge is 2.40. The molecule has 0 aromatic rings. The summed E-state index contributed by atoms with van der Waals surface area (Å²) < 4.78 is 0. The molecule has 0 aromatic heterocycles. The number of hydroxylamine groups is 1. The van der Waals surface area contributed by atoms with Gasteiger partial charge in [0.15, 0.2) is 0 Å². The molecule has 4 fully saturated rings. The number of hydrogen-bond acceptors (Lipinski definition) is 6. The molecule has 2 aliphatic carbocycles. The second-order valence-corrected chi connectivity index (χ2v) is 7.54. The first-order valence-electron chi connectivity index (χ1n) is 9.23. The van der Waals surface area contributed by atoms with Crippen LogP contribution in [0.3, 0.4) is 0 Å². The Morgan fingerprint density at radius 1 is 0.955 bits per heavy atom.